The van der Waals surface area contributed by atoms with Crippen molar-refractivity contribution in [1.29, 1.82) is 0 Å². The molecule has 166 valence electrons. The highest BCUT2D eigenvalue weighted by molar-refractivity contribution is 5.90. The Balaban J connectivity index is 1.98. The number of rotatable bonds is 5. The number of benzene rings is 1. The molecule has 31 heavy (non-hydrogen) atoms. The SMILES string of the molecule is C[C@]1(C(N)=O)COc2c1cc(C(O)(CN)C1CC1)nc2-c1ccc(F)c(C(F)(F)F)c1. The molecular formula is C21H21F4N3O3. The van der Waals surface area contributed by atoms with Crippen LogP contribution in [-0.2, 0) is 22.0 Å². The predicted octanol–water partition coefficient (Wildman–Crippen LogP) is 2.60. The number of amides is 1. The highest BCUT2D eigenvalue weighted by Gasteiger charge is 2.49. The first-order valence-corrected chi connectivity index (χ1v) is 9.70. The number of aliphatic hydroxyl groups is 1. The van der Waals surface area contributed by atoms with Crippen molar-refractivity contribution in [3.05, 3.63) is 46.9 Å². The lowest BCUT2D eigenvalue weighted by Crippen LogP contribution is -2.41. The molecule has 0 spiro atoms. The van der Waals surface area contributed by atoms with Crippen molar-refractivity contribution in [3.63, 3.8) is 0 Å². The van der Waals surface area contributed by atoms with E-state index in [1.54, 1.807) is 6.92 Å². The normalized spacial score (nSPS) is 22.5. The summed E-state index contributed by atoms with van der Waals surface area (Å²) in [6.07, 6.45) is -3.50. The summed E-state index contributed by atoms with van der Waals surface area (Å²) >= 11 is 0. The quantitative estimate of drug-likeness (QED) is 0.620. The van der Waals surface area contributed by atoms with Gasteiger partial charge >= 0.3 is 6.18 Å². The van der Waals surface area contributed by atoms with E-state index in [1.165, 1.54) is 6.07 Å². The van der Waals surface area contributed by atoms with E-state index < -0.39 is 34.5 Å². The zero-order chi connectivity index (χ0) is 22.8. The van der Waals surface area contributed by atoms with Gasteiger partial charge in [0.05, 0.1) is 11.3 Å². The number of hydrogen-bond donors (Lipinski definition) is 3. The van der Waals surface area contributed by atoms with Crippen LogP contribution in [0.3, 0.4) is 0 Å². The van der Waals surface area contributed by atoms with Gasteiger partial charge in [-0.05, 0) is 49.9 Å². The van der Waals surface area contributed by atoms with E-state index in [-0.39, 0.29) is 41.8 Å². The van der Waals surface area contributed by atoms with Gasteiger partial charge < -0.3 is 21.3 Å². The number of carbonyl (C=O) groups is 1. The smallest absolute Gasteiger partial charge is 0.419 e. The highest BCUT2D eigenvalue weighted by Crippen LogP contribution is 2.50. The van der Waals surface area contributed by atoms with Crippen molar-refractivity contribution in [2.24, 2.45) is 17.4 Å². The topological polar surface area (TPSA) is 111 Å². The standard InChI is InChI=1S/C21H21F4N3O3/c1-19(18(27)29)9-31-17-13(19)7-15(20(30,8-26)11-3-4-11)28-16(17)10-2-5-14(22)12(6-10)21(23,24)25/h2,5-7,11,30H,3-4,8-9,26H2,1H3,(H2,27,29)/t19-,20?/m0/s1. The van der Waals surface area contributed by atoms with Crippen LogP contribution in [0.4, 0.5) is 17.6 Å². The Labute approximate surface area is 175 Å². The molecule has 10 heteroatoms. The Morgan fingerprint density at radius 3 is 2.55 bits per heavy atom. The van der Waals surface area contributed by atoms with Crippen molar-refractivity contribution < 1.29 is 32.2 Å². The number of primary amides is 1. The molecule has 2 atom stereocenters. The molecule has 2 aliphatic rings. The van der Waals surface area contributed by atoms with E-state index in [0.717, 1.165) is 6.07 Å². The molecule has 1 aromatic carbocycles. The van der Waals surface area contributed by atoms with Crippen molar-refractivity contribution in [2.45, 2.75) is 37.0 Å². The molecule has 1 aromatic heterocycles. The van der Waals surface area contributed by atoms with Crippen LogP contribution in [-0.4, -0.2) is 29.1 Å². The van der Waals surface area contributed by atoms with E-state index in [1.807, 2.05) is 0 Å². The van der Waals surface area contributed by atoms with Crippen LogP contribution < -0.4 is 16.2 Å². The van der Waals surface area contributed by atoms with Crippen LogP contribution in [0.1, 0.15) is 36.6 Å². The van der Waals surface area contributed by atoms with Crippen LogP contribution >= 0.6 is 0 Å². The number of pyridine rings is 1. The third-order valence-corrected chi connectivity index (χ3v) is 6.17. The second-order valence-corrected chi connectivity index (χ2v) is 8.31. The predicted molar refractivity (Wildman–Crippen MR) is 102 cm³/mol. The summed E-state index contributed by atoms with van der Waals surface area (Å²) < 4.78 is 59.3. The molecule has 0 saturated heterocycles. The minimum Gasteiger partial charge on any atom is -0.489 e. The number of nitrogens with two attached hydrogens (primary N) is 2. The summed E-state index contributed by atoms with van der Waals surface area (Å²) in [4.78, 5) is 16.6. The van der Waals surface area contributed by atoms with Crippen molar-refractivity contribution in [2.75, 3.05) is 13.2 Å². The van der Waals surface area contributed by atoms with Gasteiger partial charge in [-0.2, -0.15) is 13.2 Å². The number of fused-ring (bicyclic) bond motifs is 1. The van der Waals surface area contributed by atoms with Crippen molar-refractivity contribution in [1.82, 2.24) is 4.98 Å². The average molecular weight is 439 g/mol. The Morgan fingerprint density at radius 2 is 2.00 bits per heavy atom. The van der Waals surface area contributed by atoms with E-state index in [4.69, 9.17) is 16.2 Å². The molecule has 1 amide bonds. The number of hydrogen-bond acceptors (Lipinski definition) is 5. The highest BCUT2D eigenvalue weighted by atomic mass is 19.4. The molecule has 2 heterocycles. The fraction of sp³-hybridized carbons (Fsp3) is 0.429. The molecule has 1 unspecified atom stereocenters. The molecule has 1 saturated carbocycles. The van der Waals surface area contributed by atoms with Gasteiger partial charge in [0.1, 0.15) is 34.9 Å². The van der Waals surface area contributed by atoms with Gasteiger partial charge in [-0.15, -0.1) is 0 Å². The summed E-state index contributed by atoms with van der Waals surface area (Å²) in [7, 11) is 0. The Kier molecular flexibility index (Phi) is 4.78. The van der Waals surface area contributed by atoms with Crippen molar-refractivity contribution >= 4 is 5.91 Å². The molecule has 4 rings (SSSR count). The van der Waals surface area contributed by atoms with Crippen LogP contribution in [0.15, 0.2) is 24.3 Å². The van der Waals surface area contributed by atoms with Crippen LogP contribution in [0, 0.1) is 11.7 Å². The number of carbonyl (C=O) groups excluding carboxylic acids is 1. The molecule has 1 aliphatic carbocycles. The summed E-state index contributed by atoms with van der Waals surface area (Å²) in [6.45, 7) is 1.22. The van der Waals surface area contributed by atoms with Gasteiger partial charge in [0.15, 0.2) is 0 Å². The Morgan fingerprint density at radius 1 is 1.32 bits per heavy atom. The lowest BCUT2D eigenvalue weighted by Gasteiger charge is -2.28. The zero-order valence-electron chi connectivity index (χ0n) is 16.6. The third kappa shape index (κ3) is 3.34. The minimum absolute atomic E-state index is 0.0458. The van der Waals surface area contributed by atoms with Crippen LogP contribution in [0.25, 0.3) is 11.3 Å². The van der Waals surface area contributed by atoms with Gasteiger partial charge in [-0.3, -0.25) is 4.79 Å². The molecule has 0 bridgehead atoms. The maximum atomic E-state index is 13.8. The van der Waals surface area contributed by atoms with Gasteiger partial charge in [-0.25, -0.2) is 9.37 Å². The lowest BCUT2D eigenvalue weighted by molar-refractivity contribution is -0.140. The van der Waals surface area contributed by atoms with E-state index in [0.29, 0.717) is 30.5 Å². The van der Waals surface area contributed by atoms with Gasteiger partial charge in [-0.1, -0.05) is 0 Å². The molecule has 6 nitrogen and oxygen atoms in total. The van der Waals surface area contributed by atoms with Gasteiger partial charge in [0.2, 0.25) is 5.91 Å². The molecule has 1 aliphatic heterocycles. The van der Waals surface area contributed by atoms with E-state index in [9.17, 15) is 27.5 Å². The second-order valence-electron chi connectivity index (χ2n) is 8.31. The third-order valence-electron chi connectivity index (χ3n) is 6.17. The monoisotopic (exact) mass is 439 g/mol. The van der Waals surface area contributed by atoms with Crippen LogP contribution in [0.2, 0.25) is 0 Å². The minimum atomic E-state index is -4.92. The summed E-state index contributed by atoms with van der Waals surface area (Å²) in [5, 5.41) is 11.2. The molecule has 5 N–H and O–H groups in total. The Bertz CT molecular complexity index is 1070. The first-order valence-electron chi connectivity index (χ1n) is 9.70. The fourth-order valence-corrected chi connectivity index (χ4v) is 3.94. The largest absolute Gasteiger partial charge is 0.489 e. The van der Waals surface area contributed by atoms with Crippen molar-refractivity contribution in [3.8, 4) is 17.0 Å². The maximum absolute atomic E-state index is 13.8. The molecule has 0 radical (unpaired) electrons. The Hall–Kier alpha value is -2.72. The molecular weight excluding hydrogens is 418 g/mol. The number of alkyl halides is 3. The lowest BCUT2D eigenvalue weighted by atomic mass is 9.81. The first kappa shape index (κ1) is 21.5. The molecule has 2 aromatic rings. The zero-order valence-corrected chi connectivity index (χ0v) is 16.6. The van der Waals surface area contributed by atoms with Gasteiger partial charge in [0, 0.05) is 17.7 Å². The maximum Gasteiger partial charge on any atom is 0.419 e. The van der Waals surface area contributed by atoms with E-state index >= 15 is 0 Å². The number of aromatic nitrogens is 1. The first-order chi connectivity index (χ1) is 14.4. The van der Waals surface area contributed by atoms with Crippen LogP contribution in [0.5, 0.6) is 5.75 Å². The fourth-order valence-electron chi connectivity index (χ4n) is 3.94. The summed E-state index contributed by atoms with van der Waals surface area (Å²) in [6, 6.07) is 3.94. The molecule has 1 fully saturated rings. The summed E-state index contributed by atoms with van der Waals surface area (Å²) in [5.41, 5.74) is 7.42. The number of nitrogens with zero attached hydrogens (tertiary/aromatic N) is 1. The number of ether oxygens (including phenoxy) is 1. The summed E-state index contributed by atoms with van der Waals surface area (Å²) in [5.74, 6) is -2.23. The van der Waals surface area contributed by atoms with Gasteiger partial charge in [0.25, 0.3) is 0 Å². The van der Waals surface area contributed by atoms with E-state index in [2.05, 4.69) is 4.98 Å². The average Bonchev–Trinajstić information content (AvgIpc) is 3.51. The second kappa shape index (κ2) is 6.89. The number of halogens is 4.